The molecule has 0 saturated heterocycles. The summed E-state index contributed by atoms with van der Waals surface area (Å²) in [5, 5.41) is 0. The molecule has 1 rings (SSSR count). The van der Waals surface area contributed by atoms with Crippen molar-refractivity contribution in [1.29, 1.82) is 0 Å². The van der Waals surface area contributed by atoms with E-state index in [1.807, 2.05) is 0 Å². The fourth-order valence-corrected chi connectivity index (χ4v) is 2.99. The molecule has 0 aliphatic heterocycles. The molecule has 0 bridgehead atoms. The summed E-state index contributed by atoms with van der Waals surface area (Å²) in [4.78, 5) is 14.6. The van der Waals surface area contributed by atoms with Crippen molar-refractivity contribution in [3.63, 3.8) is 0 Å². The van der Waals surface area contributed by atoms with Crippen LogP contribution in [-0.2, 0) is 9.53 Å². The predicted molar refractivity (Wildman–Crippen MR) is 72.8 cm³/mol. The van der Waals surface area contributed by atoms with Gasteiger partial charge in [0.05, 0.1) is 11.6 Å². The first-order valence-electron chi connectivity index (χ1n) is 5.99. The average Bonchev–Trinajstić information content (AvgIpc) is 2.28. The lowest BCUT2D eigenvalue weighted by molar-refractivity contribution is 0.0147. The van der Waals surface area contributed by atoms with E-state index in [1.165, 1.54) is 0 Å². The van der Waals surface area contributed by atoms with Crippen LogP contribution >= 0.6 is 22.6 Å². The zero-order valence-corrected chi connectivity index (χ0v) is 12.2. The van der Waals surface area contributed by atoms with E-state index in [-0.39, 0.29) is 5.54 Å². The lowest BCUT2D eigenvalue weighted by atomic mass is 9.79. The standard InChI is InChI=1S/C12H20INO2/c1-3-8-16-11-4-6-12(7-5-11,10(2)13)14-9-15/h10-11H,3-8H2,1-2H3. The van der Waals surface area contributed by atoms with Crippen LogP contribution in [0.25, 0.3) is 0 Å². The number of aliphatic imine (C=N–C) groups is 1. The van der Waals surface area contributed by atoms with Crippen molar-refractivity contribution in [2.75, 3.05) is 6.61 Å². The van der Waals surface area contributed by atoms with E-state index < -0.39 is 0 Å². The second-order valence-corrected chi connectivity index (χ2v) is 6.36. The number of nitrogens with zero attached hydrogens (tertiary/aromatic N) is 1. The molecule has 4 heteroatoms. The Morgan fingerprint density at radius 1 is 1.56 bits per heavy atom. The topological polar surface area (TPSA) is 38.7 Å². The summed E-state index contributed by atoms with van der Waals surface area (Å²) >= 11 is 2.36. The number of ether oxygens (including phenoxy) is 1. The van der Waals surface area contributed by atoms with Gasteiger partial charge in [-0.1, -0.05) is 36.4 Å². The van der Waals surface area contributed by atoms with E-state index in [1.54, 1.807) is 6.08 Å². The van der Waals surface area contributed by atoms with Gasteiger partial charge in [-0.05, 0) is 32.1 Å². The Morgan fingerprint density at radius 3 is 2.62 bits per heavy atom. The van der Waals surface area contributed by atoms with E-state index in [2.05, 4.69) is 41.4 Å². The molecule has 0 spiro atoms. The summed E-state index contributed by atoms with van der Waals surface area (Å²) in [7, 11) is 0. The molecule has 0 amide bonds. The molecule has 0 heterocycles. The van der Waals surface area contributed by atoms with Crippen LogP contribution in [0.3, 0.4) is 0 Å². The second kappa shape index (κ2) is 6.72. The van der Waals surface area contributed by atoms with E-state index in [0.717, 1.165) is 38.7 Å². The number of alkyl halides is 1. The van der Waals surface area contributed by atoms with Crippen LogP contribution in [0.1, 0.15) is 46.0 Å². The fourth-order valence-electron chi connectivity index (χ4n) is 2.23. The molecule has 0 aromatic rings. The number of hydrogen-bond donors (Lipinski definition) is 0. The SMILES string of the molecule is CCCOC1CCC(N=C=O)(C(C)I)CC1. The van der Waals surface area contributed by atoms with Gasteiger partial charge in [0.1, 0.15) is 0 Å². The maximum Gasteiger partial charge on any atom is 0.235 e. The summed E-state index contributed by atoms with van der Waals surface area (Å²) in [6, 6.07) is 0. The minimum absolute atomic E-state index is 0.186. The molecular formula is C12H20INO2. The zero-order valence-electron chi connectivity index (χ0n) is 10.0. The van der Waals surface area contributed by atoms with Crippen LogP contribution in [0.5, 0.6) is 0 Å². The lowest BCUT2D eigenvalue weighted by Gasteiger charge is -2.38. The molecule has 92 valence electrons. The number of hydrogen-bond acceptors (Lipinski definition) is 3. The highest BCUT2D eigenvalue weighted by Crippen LogP contribution is 2.38. The van der Waals surface area contributed by atoms with E-state index in [4.69, 9.17) is 4.74 Å². The van der Waals surface area contributed by atoms with Crippen molar-refractivity contribution in [2.24, 2.45) is 4.99 Å². The maximum absolute atomic E-state index is 10.5. The van der Waals surface area contributed by atoms with E-state index in [0.29, 0.717) is 10.0 Å². The average molecular weight is 337 g/mol. The van der Waals surface area contributed by atoms with Gasteiger partial charge in [0.15, 0.2) is 0 Å². The highest BCUT2D eigenvalue weighted by atomic mass is 127. The lowest BCUT2D eigenvalue weighted by Crippen LogP contribution is -2.41. The summed E-state index contributed by atoms with van der Waals surface area (Å²) in [5.74, 6) is 0. The molecule has 0 aromatic carbocycles. The third kappa shape index (κ3) is 3.54. The largest absolute Gasteiger partial charge is 0.378 e. The van der Waals surface area contributed by atoms with Crippen molar-refractivity contribution >= 4 is 28.7 Å². The van der Waals surface area contributed by atoms with Gasteiger partial charge in [0.25, 0.3) is 0 Å². The van der Waals surface area contributed by atoms with Gasteiger partial charge in [-0.3, -0.25) is 0 Å². The molecule has 16 heavy (non-hydrogen) atoms. The third-order valence-electron chi connectivity index (χ3n) is 3.36. The van der Waals surface area contributed by atoms with Crippen LogP contribution < -0.4 is 0 Å². The van der Waals surface area contributed by atoms with Crippen LogP contribution in [0.2, 0.25) is 0 Å². The minimum atomic E-state index is -0.186. The van der Waals surface area contributed by atoms with Crippen molar-refractivity contribution in [3.8, 4) is 0 Å². The number of carbonyl (C=O) groups excluding carboxylic acids is 1. The molecule has 1 aliphatic carbocycles. The third-order valence-corrected chi connectivity index (χ3v) is 4.52. The first-order chi connectivity index (χ1) is 7.64. The van der Waals surface area contributed by atoms with Crippen LogP contribution in [0, 0.1) is 0 Å². The van der Waals surface area contributed by atoms with E-state index in [9.17, 15) is 4.79 Å². The molecular weight excluding hydrogens is 317 g/mol. The smallest absolute Gasteiger partial charge is 0.235 e. The summed E-state index contributed by atoms with van der Waals surface area (Å²) in [6.07, 6.45) is 7.09. The van der Waals surface area contributed by atoms with Crippen LogP contribution in [-0.4, -0.2) is 28.3 Å². The predicted octanol–water partition coefficient (Wildman–Crippen LogP) is 3.25. The number of isocyanates is 1. The van der Waals surface area contributed by atoms with Gasteiger partial charge in [-0.15, -0.1) is 0 Å². The van der Waals surface area contributed by atoms with Gasteiger partial charge < -0.3 is 4.74 Å². The number of rotatable bonds is 5. The first kappa shape index (κ1) is 14.1. The minimum Gasteiger partial charge on any atom is -0.378 e. The molecule has 1 fully saturated rings. The molecule has 0 N–H and O–H groups in total. The van der Waals surface area contributed by atoms with Crippen LogP contribution in [0.15, 0.2) is 4.99 Å². The summed E-state index contributed by atoms with van der Waals surface area (Å²) in [6.45, 7) is 5.08. The highest BCUT2D eigenvalue weighted by Gasteiger charge is 2.39. The zero-order chi connectivity index (χ0) is 12.0. The Labute approximate surface area is 111 Å². The maximum atomic E-state index is 10.5. The molecule has 1 unspecified atom stereocenters. The van der Waals surface area contributed by atoms with Crippen molar-refractivity contribution in [3.05, 3.63) is 0 Å². The molecule has 1 atom stereocenters. The molecule has 3 nitrogen and oxygen atoms in total. The Kier molecular flexibility index (Phi) is 5.94. The van der Waals surface area contributed by atoms with Gasteiger partial charge in [0, 0.05) is 10.5 Å². The Bertz CT molecular complexity index is 254. The molecule has 1 aliphatic rings. The van der Waals surface area contributed by atoms with E-state index >= 15 is 0 Å². The molecule has 0 radical (unpaired) electrons. The normalized spacial score (nSPS) is 31.8. The first-order valence-corrected chi connectivity index (χ1v) is 7.24. The molecule has 1 saturated carbocycles. The van der Waals surface area contributed by atoms with Crippen molar-refractivity contribution in [1.82, 2.24) is 0 Å². The van der Waals surface area contributed by atoms with Gasteiger partial charge in [-0.2, -0.15) is 4.99 Å². The Balaban J connectivity index is 2.53. The fraction of sp³-hybridized carbons (Fsp3) is 0.917. The van der Waals surface area contributed by atoms with Gasteiger partial charge in [-0.25, -0.2) is 4.79 Å². The van der Waals surface area contributed by atoms with Crippen molar-refractivity contribution in [2.45, 2.75) is 61.5 Å². The van der Waals surface area contributed by atoms with Crippen LogP contribution in [0.4, 0.5) is 0 Å². The summed E-state index contributed by atoms with van der Waals surface area (Å²) < 4.78 is 6.11. The highest BCUT2D eigenvalue weighted by molar-refractivity contribution is 14.1. The van der Waals surface area contributed by atoms with Crippen molar-refractivity contribution < 1.29 is 9.53 Å². The second-order valence-electron chi connectivity index (χ2n) is 4.49. The summed E-state index contributed by atoms with van der Waals surface area (Å²) in [5.41, 5.74) is -0.186. The monoisotopic (exact) mass is 337 g/mol. The van der Waals surface area contributed by atoms with Gasteiger partial charge in [0.2, 0.25) is 6.08 Å². The van der Waals surface area contributed by atoms with Gasteiger partial charge >= 0.3 is 0 Å². The quantitative estimate of drug-likeness (QED) is 0.334. The Morgan fingerprint density at radius 2 is 2.19 bits per heavy atom. The Hall–Kier alpha value is 0.0700. The number of halogens is 1. The molecule has 0 aromatic heterocycles.